The number of rotatable bonds is 5. The number of likely N-dealkylation sites (tertiary alicyclic amines) is 1. The first-order valence-electron chi connectivity index (χ1n) is 9.73. The summed E-state index contributed by atoms with van der Waals surface area (Å²) in [5.41, 5.74) is 0.906. The topological polar surface area (TPSA) is 84.9 Å². The molecule has 7 nitrogen and oxygen atoms in total. The van der Waals surface area contributed by atoms with Gasteiger partial charge < -0.3 is 14.8 Å². The van der Waals surface area contributed by atoms with Crippen molar-refractivity contribution in [3.8, 4) is 11.5 Å². The highest BCUT2D eigenvalue weighted by molar-refractivity contribution is 6.05. The molecular weight excluding hydrogens is 360 g/mol. The SMILES string of the molecule is C[C@H](NC(=O)CCN1C(=O)[C@H]2CC=CC[C@H]2C1=O)c1ccc2c(c1)OCCO2. The van der Waals surface area contributed by atoms with Crippen molar-refractivity contribution < 1.29 is 23.9 Å². The van der Waals surface area contributed by atoms with Crippen molar-refractivity contribution in [1.29, 1.82) is 0 Å². The van der Waals surface area contributed by atoms with E-state index >= 15 is 0 Å². The molecule has 0 aromatic heterocycles. The van der Waals surface area contributed by atoms with Gasteiger partial charge in [0.15, 0.2) is 11.5 Å². The average molecular weight is 384 g/mol. The predicted molar refractivity (Wildman–Crippen MR) is 101 cm³/mol. The van der Waals surface area contributed by atoms with Crippen LogP contribution in [0.3, 0.4) is 0 Å². The molecule has 28 heavy (non-hydrogen) atoms. The molecule has 3 aliphatic rings. The fourth-order valence-electron chi connectivity index (χ4n) is 4.03. The Labute approximate surface area is 163 Å². The number of allylic oxidation sites excluding steroid dienone is 2. The highest BCUT2D eigenvalue weighted by atomic mass is 16.6. The van der Waals surface area contributed by atoms with Crippen LogP contribution in [0, 0.1) is 11.8 Å². The number of carbonyl (C=O) groups excluding carboxylic acids is 3. The number of nitrogens with one attached hydrogen (secondary N) is 1. The number of fused-ring (bicyclic) bond motifs is 2. The van der Waals surface area contributed by atoms with Crippen LogP contribution in [0.4, 0.5) is 0 Å². The molecular formula is C21H24N2O5. The molecule has 7 heteroatoms. The molecule has 1 aromatic carbocycles. The largest absolute Gasteiger partial charge is 0.486 e. The molecule has 1 aliphatic carbocycles. The highest BCUT2D eigenvalue weighted by Crippen LogP contribution is 2.35. The van der Waals surface area contributed by atoms with Gasteiger partial charge in [-0.2, -0.15) is 0 Å². The van der Waals surface area contributed by atoms with Crippen LogP contribution in [0.25, 0.3) is 0 Å². The maximum Gasteiger partial charge on any atom is 0.233 e. The van der Waals surface area contributed by atoms with Gasteiger partial charge in [-0.25, -0.2) is 0 Å². The van der Waals surface area contributed by atoms with E-state index in [-0.39, 0.29) is 48.6 Å². The van der Waals surface area contributed by atoms with Crippen molar-refractivity contribution in [3.05, 3.63) is 35.9 Å². The summed E-state index contributed by atoms with van der Waals surface area (Å²) < 4.78 is 11.1. The van der Waals surface area contributed by atoms with Crippen molar-refractivity contribution >= 4 is 17.7 Å². The number of ether oxygens (including phenoxy) is 2. The summed E-state index contributed by atoms with van der Waals surface area (Å²) in [6, 6.07) is 5.37. The summed E-state index contributed by atoms with van der Waals surface area (Å²) in [6.45, 7) is 3.05. The zero-order chi connectivity index (χ0) is 19.7. The fourth-order valence-corrected chi connectivity index (χ4v) is 4.03. The van der Waals surface area contributed by atoms with Crippen LogP contribution in [-0.4, -0.2) is 42.4 Å². The molecule has 0 bridgehead atoms. The minimum absolute atomic E-state index is 0.0965. The molecule has 3 amide bonds. The maximum atomic E-state index is 12.5. The molecule has 4 rings (SSSR count). The summed E-state index contributed by atoms with van der Waals surface area (Å²) in [5.74, 6) is 0.384. The first-order valence-corrected chi connectivity index (χ1v) is 9.73. The second-order valence-corrected chi connectivity index (χ2v) is 7.43. The van der Waals surface area contributed by atoms with Crippen molar-refractivity contribution in [2.75, 3.05) is 19.8 Å². The van der Waals surface area contributed by atoms with Gasteiger partial charge in [0.2, 0.25) is 17.7 Å². The standard InChI is InChI=1S/C21H24N2O5/c1-13(14-6-7-17-18(12-14)28-11-10-27-17)22-19(24)8-9-23-20(25)15-4-2-3-5-16(15)21(23)26/h2-3,6-7,12-13,15-16H,4-5,8-11H2,1H3,(H,22,24)/t13-,15-,16+/m0/s1. The van der Waals surface area contributed by atoms with E-state index < -0.39 is 0 Å². The number of nitrogens with zero attached hydrogens (tertiary/aromatic N) is 1. The number of carbonyl (C=O) groups is 3. The van der Waals surface area contributed by atoms with Crippen LogP contribution in [0.5, 0.6) is 11.5 Å². The number of hydrogen-bond donors (Lipinski definition) is 1. The monoisotopic (exact) mass is 384 g/mol. The zero-order valence-corrected chi connectivity index (χ0v) is 15.8. The Morgan fingerprint density at radius 2 is 1.75 bits per heavy atom. The van der Waals surface area contributed by atoms with Crippen LogP contribution in [0.15, 0.2) is 30.4 Å². The molecule has 2 heterocycles. The predicted octanol–water partition coefficient (Wildman–Crippen LogP) is 1.98. The normalized spacial score (nSPS) is 24.1. The van der Waals surface area contributed by atoms with E-state index in [1.54, 1.807) is 0 Å². The molecule has 1 fully saturated rings. The number of amides is 3. The van der Waals surface area contributed by atoms with E-state index in [9.17, 15) is 14.4 Å². The van der Waals surface area contributed by atoms with Crippen molar-refractivity contribution in [3.63, 3.8) is 0 Å². The minimum atomic E-state index is -0.253. The van der Waals surface area contributed by atoms with Gasteiger partial charge in [0, 0.05) is 13.0 Å². The Kier molecular flexibility index (Phi) is 5.07. The van der Waals surface area contributed by atoms with E-state index in [1.807, 2.05) is 37.3 Å². The van der Waals surface area contributed by atoms with E-state index in [2.05, 4.69) is 5.32 Å². The second-order valence-electron chi connectivity index (χ2n) is 7.43. The zero-order valence-electron chi connectivity index (χ0n) is 15.8. The number of benzene rings is 1. The Hall–Kier alpha value is -2.83. The Bertz CT molecular complexity index is 808. The number of hydrogen-bond acceptors (Lipinski definition) is 5. The van der Waals surface area contributed by atoms with Crippen LogP contribution < -0.4 is 14.8 Å². The van der Waals surface area contributed by atoms with Crippen LogP contribution in [0.2, 0.25) is 0 Å². The molecule has 2 aliphatic heterocycles. The highest BCUT2D eigenvalue weighted by Gasteiger charge is 2.46. The maximum absolute atomic E-state index is 12.5. The first kappa shape index (κ1) is 18.5. The fraction of sp³-hybridized carbons (Fsp3) is 0.476. The first-order chi connectivity index (χ1) is 13.5. The second kappa shape index (κ2) is 7.66. The molecule has 0 unspecified atom stereocenters. The Morgan fingerprint density at radius 1 is 1.11 bits per heavy atom. The van der Waals surface area contributed by atoms with E-state index in [0.29, 0.717) is 37.6 Å². The smallest absolute Gasteiger partial charge is 0.233 e. The lowest BCUT2D eigenvalue weighted by Gasteiger charge is -2.21. The van der Waals surface area contributed by atoms with Gasteiger partial charge in [-0.15, -0.1) is 0 Å². The third kappa shape index (κ3) is 3.48. The van der Waals surface area contributed by atoms with Gasteiger partial charge >= 0.3 is 0 Å². The minimum Gasteiger partial charge on any atom is -0.486 e. The molecule has 1 aromatic rings. The van der Waals surface area contributed by atoms with Crippen molar-refractivity contribution in [1.82, 2.24) is 10.2 Å². The molecule has 1 N–H and O–H groups in total. The van der Waals surface area contributed by atoms with Gasteiger partial charge in [-0.05, 0) is 37.5 Å². The van der Waals surface area contributed by atoms with Gasteiger partial charge in [-0.1, -0.05) is 18.2 Å². The van der Waals surface area contributed by atoms with Crippen LogP contribution in [-0.2, 0) is 14.4 Å². The molecule has 0 spiro atoms. The van der Waals surface area contributed by atoms with Crippen molar-refractivity contribution in [2.24, 2.45) is 11.8 Å². The molecule has 0 radical (unpaired) electrons. The molecule has 1 saturated heterocycles. The Morgan fingerprint density at radius 3 is 2.43 bits per heavy atom. The van der Waals surface area contributed by atoms with Gasteiger partial charge in [0.05, 0.1) is 17.9 Å². The Balaban J connectivity index is 1.32. The summed E-state index contributed by atoms with van der Waals surface area (Å²) in [7, 11) is 0. The van der Waals surface area contributed by atoms with Gasteiger partial charge in [0.25, 0.3) is 0 Å². The van der Waals surface area contributed by atoms with Gasteiger partial charge in [0.1, 0.15) is 13.2 Å². The lowest BCUT2D eigenvalue weighted by atomic mass is 9.85. The van der Waals surface area contributed by atoms with Crippen LogP contribution >= 0.6 is 0 Å². The quantitative estimate of drug-likeness (QED) is 0.620. The summed E-state index contributed by atoms with van der Waals surface area (Å²) in [5, 5.41) is 2.92. The molecule has 0 saturated carbocycles. The molecule has 3 atom stereocenters. The summed E-state index contributed by atoms with van der Waals surface area (Å²) in [6.07, 6.45) is 5.23. The summed E-state index contributed by atoms with van der Waals surface area (Å²) >= 11 is 0. The van der Waals surface area contributed by atoms with E-state index in [4.69, 9.17) is 9.47 Å². The summed E-state index contributed by atoms with van der Waals surface area (Å²) in [4.78, 5) is 38.5. The third-order valence-electron chi connectivity index (χ3n) is 5.61. The van der Waals surface area contributed by atoms with Crippen molar-refractivity contribution in [2.45, 2.75) is 32.2 Å². The van der Waals surface area contributed by atoms with E-state index in [0.717, 1.165) is 5.56 Å². The van der Waals surface area contributed by atoms with Gasteiger partial charge in [-0.3, -0.25) is 19.3 Å². The lowest BCUT2D eigenvalue weighted by Crippen LogP contribution is -2.36. The average Bonchev–Trinajstić information content (AvgIpc) is 2.96. The number of imide groups is 1. The van der Waals surface area contributed by atoms with E-state index in [1.165, 1.54) is 4.90 Å². The van der Waals surface area contributed by atoms with Crippen LogP contribution in [0.1, 0.15) is 37.8 Å². The third-order valence-corrected chi connectivity index (χ3v) is 5.61. The molecule has 148 valence electrons. The lowest BCUT2D eigenvalue weighted by molar-refractivity contribution is -0.140.